The van der Waals surface area contributed by atoms with E-state index in [-0.39, 0.29) is 0 Å². The van der Waals surface area contributed by atoms with Gasteiger partial charge in [-0.2, -0.15) is 10.2 Å². The first-order valence-corrected chi connectivity index (χ1v) is 4.57. The Hall–Kier alpha value is -1.17. The quantitative estimate of drug-likeness (QED) is 0.783. The molecule has 0 spiro atoms. The van der Waals surface area contributed by atoms with Crippen LogP contribution >= 0.6 is 15.9 Å². The van der Waals surface area contributed by atoms with Gasteiger partial charge < -0.3 is 0 Å². The molecule has 0 N–H and O–H groups in total. The van der Waals surface area contributed by atoms with Crippen LogP contribution in [0.5, 0.6) is 0 Å². The molecule has 6 heteroatoms. The molecule has 13 heavy (non-hydrogen) atoms. The van der Waals surface area contributed by atoms with E-state index in [9.17, 15) is 0 Å². The lowest BCUT2D eigenvalue weighted by Gasteiger charge is -1.94. The molecule has 0 saturated carbocycles. The van der Waals surface area contributed by atoms with Gasteiger partial charge in [0.25, 0.3) is 0 Å². The van der Waals surface area contributed by atoms with E-state index >= 15 is 0 Å². The lowest BCUT2D eigenvalue weighted by Crippen LogP contribution is -2.02. The number of hydrogen-bond acceptors (Lipinski definition) is 3. The SMILES string of the molecule is Cn1cnc(Cn2ccc(Br)n2)n1. The first-order valence-electron chi connectivity index (χ1n) is 3.77. The highest BCUT2D eigenvalue weighted by Crippen LogP contribution is 2.04. The van der Waals surface area contributed by atoms with Crippen molar-refractivity contribution in [2.24, 2.45) is 7.05 Å². The minimum absolute atomic E-state index is 0.604. The van der Waals surface area contributed by atoms with Crippen LogP contribution in [0.1, 0.15) is 5.82 Å². The van der Waals surface area contributed by atoms with Crippen LogP contribution in [0.4, 0.5) is 0 Å². The van der Waals surface area contributed by atoms with Gasteiger partial charge in [-0.05, 0) is 22.0 Å². The summed E-state index contributed by atoms with van der Waals surface area (Å²) in [4.78, 5) is 4.10. The molecule has 0 aliphatic heterocycles. The van der Waals surface area contributed by atoms with Crippen LogP contribution in [0.15, 0.2) is 23.2 Å². The maximum Gasteiger partial charge on any atom is 0.171 e. The highest BCUT2D eigenvalue weighted by molar-refractivity contribution is 9.10. The van der Waals surface area contributed by atoms with E-state index in [1.165, 1.54) is 0 Å². The Morgan fingerprint density at radius 1 is 1.46 bits per heavy atom. The summed E-state index contributed by atoms with van der Waals surface area (Å²) < 4.78 is 4.27. The predicted octanol–water partition coefficient (Wildman–Crippen LogP) is 0.822. The topological polar surface area (TPSA) is 48.5 Å². The average molecular weight is 242 g/mol. The van der Waals surface area contributed by atoms with E-state index in [0.717, 1.165) is 10.4 Å². The molecule has 2 rings (SSSR count). The molecule has 5 nitrogen and oxygen atoms in total. The number of halogens is 1. The fourth-order valence-corrected chi connectivity index (χ4v) is 1.35. The third kappa shape index (κ3) is 1.95. The fourth-order valence-electron chi connectivity index (χ4n) is 1.03. The maximum atomic E-state index is 4.16. The minimum atomic E-state index is 0.604. The van der Waals surface area contributed by atoms with Crippen molar-refractivity contribution in [3.8, 4) is 0 Å². The van der Waals surface area contributed by atoms with E-state index < -0.39 is 0 Å². The highest BCUT2D eigenvalue weighted by atomic mass is 79.9. The first kappa shape index (κ1) is 8.43. The molecule has 2 aromatic rings. The number of aryl methyl sites for hydroxylation is 1. The molecule has 68 valence electrons. The van der Waals surface area contributed by atoms with Gasteiger partial charge in [-0.15, -0.1) is 0 Å². The molecule has 2 aromatic heterocycles. The molecule has 0 fully saturated rings. The van der Waals surface area contributed by atoms with E-state index in [2.05, 4.69) is 31.1 Å². The van der Waals surface area contributed by atoms with E-state index in [0.29, 0.717) is 6.54 Å². The Balaban J connectivity index is 2.14. The second-order valence-electron chi connectivity index (χ2n) is 2.67. The third-order valence-corrected chi connectivity index (χ3v) is 1.98. The van der Waals surface area contributed by atoms with E-state index in [1.54, 1.807) is 15.7 Å². The molecule has 0 radical (unpaired) electrons. The third-order valence-electron chi connectivity index (χ3n) is 1.56. The van der Waals surface area contributed by atoms with Gasteiger partial charge in [0, 0.05) is 13.2 Å². The molecule has 0 aromatic carbocycles. The zero-order valence-corrected chi connectivity index (χ0v) is 8.64. The molecule has 0 atom stereocenters. The smallest absolute Gasteiger partial charge is 0.171 e. The molecule has 0 amide bonds. The van der Waals surface area contributed by atoms with Crippen molar-refractivity contribution in [1.29, 1.82) is 0 Å². The van der Waals surface area contributed by atoms with Crippen molar-refractivity contribution in [3.05, 3.63) is 29.0 Å². The Morgan fingerprint density at radius 2 is 2.31 bits per heavy atom. The first-order chi connectivity index (χ1) is 6.24. The summed E-state index contributed by atoms with van der Waals surface area (Å²) in [6, 6.07) is 1.88. The van der Waals surface area contributed by atoms with E-state index in [4.69, 9.17) is 0 Å². The van der Waals surface area contributed by atoms with Crippen LogP contribution < -0.4 is 0 Å². The maximum absolute atomic E-state index is 4.16. The van der Waals surface area contributed by atoms with Crippen LogP contribution in [0.25, 0.3) is 0 Å². The molecule has 0 bridgehead atoms. The summed E-state index contributed by atoms with van der Waals surface area (Å²) in [5.41, 5.74) is 0. The van der Waals surface area contributed by atoms with Crippen molar-refractivity contribution in [2.45, 2.75) is 6.54 Å². The summed E-state index contributed by atoms with van der Waals surface area (Å²) >= 11 is 3.27. The van der Waals surface area contributed by atoms with Crippen LogP contribution in [0, 0.1) is 0 Å². The van der Waals surface area contributed by atoms with Crippen LogP contribution in [0.3, 0.4) is 0 Å². The van der Waals surface area contributed by atoms with Gasteiger partial charge in [0.15, 0.2) is 5.82 Å². The average Bonchev–Trinajstić information content (AvgIpc) is 2.62. The van der Waals surface area contributed by atoms with E-state index in [1.807, 2.05) is 19.3 Å². The number of aromatic nitrogens is 5. The Bertz CT molecular complexity index is 366. The lowest BCUT2D eigenvalue weighted by molar-refractivity contribution is 0.639. The van der Waals surface area contributed by atoms with Gasteiger partial charge in [-0.25, -0.2) is 4.98 Å². The minimum Gasteiger partial charge on any atom is -0.264 e. The van der Waals surface area contributed by atoms with Crippen molar-refractivity contribution in [3.63, 3.8) is 0 Å². The van der Waals surface area contributed by atoms with Gasteiger partial charge in [0.05, 0.1) is 0 Å². The van der Waals surface area contributed by atoms with Gasteiger partial charge in [0.1, 0.15) is 17.5 Å². The largest absolute Gasteiger partial charge is 0.264 e. The van der Waals surface area contributed by atoms with Gasteiger partial charge in [-0.3, -0.25) is 9.36 Å². The van der Waals surface area contributed by atoms with Gasteiger partial charge in [-0.1, -0.05) is 0 Å². The van der Waals surface area contributed by atoms with Gasteiger partial charge >= 0.3 is 0 Å². The molecule has 0 aliphatic rings. The summed E-state index contributed by atoms with van der Waals surface area (Å²) in [6.07, 6.45) is 3.55. The molecular weight excluding hydrogens is 234 g/mol. The molecule has 2 heterocycles. The second-order valence-corrected chi connectivity index (χ2v) is 3.48. The van der Waals surface area contributed by atoms with Crippen molar-refractivity contribution in [2.75, 3.05) is 0 Å². The summed E-state index contributed by atoms with van der Waals surface area (Å²) in [5, 5.41) is 8.30. The summed E-state index contributed by atoms with van der Waals surface area (Å²) in [7, 11) is 1.84. The zero-order chi connectivity index (χ0) is 9.26. The standard InChI is InChI=1S/C7H8BrN5/c1-12-5-9-7(11-12)4-13-3-2-6(8)10-13/h2-3,5H,4H2,1H3. The molecule has 0 saturated heterocycles. The van der Waals surface area contributed by atoms with Crippen molar-refractivity contribution < 1.29 is 0 Å². The lowest BCUT2D eigenvalue weighted by atomic mass is 10.6. The Kier molecular flexibility index (Phi) is 2.13. The molecular formula is C7H8BrN5. The second kappa shape index (κ2) is 3.29. The fraction of sp³-hybridized carbons (Fsp3) is 0.286. The number of nitrogens with zero attached hydrogens (tertiary/aromatic N) is 5. The number of rotatable bonds is 2. The van der Waals surface area contributed by atoms with Crippen LogP contribution in [0.2, 0.25) is 0 Å². The molecule has 0 aliphatic carbocycles. The Morgan fingerprint density at radius 3 is 2.85 bits per heavy atom. The highest BCUT2D eigenvalue weighted by Gasteiger charge is 2.00. The summed E-state index contributed by atoms with van der Waals surface area (Å²) in [5.74, 6) is 0.762. The molecule has 0 unspecified atom stereocenters. The normalized spacial score (nSPS) is 10.6. The van der Waals surface area contributed by atoms with Crippen LogP contribution in [-0.4, -0.2) is 24.5 Å². The predicted molar refractivity (Wildman–Crippen MR) is 50.0 cm³/mol. The Labute approximate surface area is 83.5 Å². The summed E-state index contributed by atoms with van der Waals surface area (Å²) in [6.45, 7) is 0.604. The van der Waals surface area contributed by atoms with Gasteiger partial charge in [0.2, 0.25) is 0 Å². The monoisotopic (exact) mass is 241 g/mol. The number of hydrogen-bond donors (Lipinski definition) is 0. The van der Waals surface area contributed by atoms with Crippen LogP contribution in [-0.2, 0) is 13.6 Å². The van der Waals surface area contributed by atoms with Crippen molar-refractivity contribution in [1.82, 2.24) is 24.5 Å². The van der Waals surface area contributed by atoms with Crippen molar-refractivity contribution >= 4 is 15.9 Å². The zero-order valence-electron chi connectivity index (χ0n) is 7.05.